The standard InChI is InChI=1S/C49H40O.C47H38O.C45H36O/c1-49(2,3)41-26-30-44-46(32-41)48(39-21-17-36(18-22-39)34-13-9-6-10-14-34)43-29-25-40(37-23-27-42(50-4)28-24-37)31-45(43)47(44)38-19-15-35(16-20-38)33-11-7-5-8-12-33;1-47(2,3)39-23-27-42-44(30-39)46(38-19-16-32-12-8-9-13-36(32)28-38)41-26-22-37(34-20-24-40(48-4)25-21-34)29-43(41)45(42)35-17-14-33(15-18-35)31-10-6-5-7-11-31;1-45(2,3)33-22-26-40-42(28-33)44(38-18-10-14-31-12-6-8-16-36(31)38)39-25-21-32(29-19-23-34(46-4)24-20-29)27-41(39)43(40)37-17-9-13-30-11-5-7-15-35(30)37/h5-32H,1-4H3;5-30H,1-4H3;5-28H,1-4H3. The molecule has 0 saturated heterocycles. The Morgan fingerprint density at radius 3 is 0.681 bits per heavy atom. The molecule has 696 valence electrons. The number of benzene rings is 24. The van der Waals surface area contributed by atoms with Gasteiger partial charge in [-0.2, -0.15) is 0 Å². The highest BCUT2D eigenvalue weighted by Crippen LogP contribution is 2.53. The molecule has 0 saturated carbocycles. The number of methoxy groups -OCH3 is 3. The maximum absolute atomic E-state index is 5.48. The molecule has 24 rings (SSSR count). The molecule has 0 aromatic heterocycles. The van der Waals surface area contributed by atoms with Crippen LogP contribution in [0.2, 0.25) is 0 Å². The summed E-state index contributed by atoms with van der Waals surface area (Å²) in [6, 6.07) is 173. The molecule has 24 aromatic rings. The van der Waals surface area contributed by atoms with Crippen LogP contribution in [0.15, 0.2) is 473 Å². The number of ether oxygens (including phenoxy) is 3. The van der Waals surface area contributed by atoms with E-state index in [9.17, 15) is 0 Å². The van der Waals surface area contributed by atoms with Crippen LogP contribution in [0.1, 0.15) is 79.0 Å². The Morgan fingerprint density at radius 2 is 0.354 bits per heavy atom. The lowest BCUT2D eigenvalue weighted by Crippen LogP contribution is -2.10. The molecule has 0 unspecified atom stereocenters. The lowest BCUT2D eigenvalue weighted by molar-refractivity contribution is 0.415. The van der Waals surface area contributed by atoms with Gasteiger partial charge in [-0.1, -0.05) is 457 Å². The maximum Gasteiger partial charge on any atom is 0.118 e. The molecular weight excluding hydrogens is 1740 g/mol. The maximum atomic E-state index is 5.48. The first-order valence-electron chi connectivity index (χ1n) is 50.1. The van der Waals surface area contributed by atoms with Crippen LogP contribution < -0.4 is 14.2 Å². The van der Waals surface area contributed by atoms with Crippen LogP contribution in [0, 0.1) is 0 Å². The summed E-state index contributed by atoms with van der Waals surface area (Å²) in [5, 5.41) is 22.7. The van der Waals surface area contributed by atoms with Crippen LogP contribution in [-0.4, -0.2) is 21.3 Å². The minimum atomic E-state index is 0.00724. The van der Waals surface area contributed by atoms with Crippen molar-refractivity contribution < 1.29 is 14.2 Å². The average Bonchev–Trinajstić information content (AvgIpc) is 0.538. The fourth-order valence-corrected chi connectivity index (χ4v) is 21.4. The van der Waals surface area contributed by atoms with Gasteiger partial charge in [0.05, 0.1) is 21.3 Å². The van der Waals surface area contributed by atoms with E-state index >= 15 is 0 Å². The summed E-state index contributed by atoms with van der Waals surface area (Å²) in [5.74, 6) is 2.58. The van der Waals surface area contributed by atoms with Crippen LogP contribution >= 0.6 is 0 Å². The Hall–Kier alpha value is -17.0. The summed E-state index contributed by atoms with van der Waals surface area (Å²) >= 11 is 0. The third-order valence-corrected chi connectivity index (χ3v) is 29.2. The van der Waals surface area contributed by atoms with Gasteiger partial charge in [0.25, 0.3) is 0 Å². The molecule has 0 radical (unpaired) electrons. The smallest absolute Gasteiger partial charge is 0.118 e. The second-order valence-corrected chi connectivity index (χ2v) is 41.2. The summed E-state index contributed by atoms with van der Waals surface area (Å²) in [6.07, 6.45) is 0. The lowest BCUT2D eigenvalue weighted by atomic mass is 9.80. The van der Waals surface area contributed by atoms with Gasteiger partial charge in [-0.25, -0.2) is 0 Å². The van der Waals surface area contributed by atoms with Crippen LogP contribution in [0.3, 0.4) is 0 Å². The third-order valence-electron chi connectivity index (χ3n) is 29.2. The first-order chi connectivity index (χ1) is 70.1. The van der Waals surface area contributed by atoms with Crippen molar-refractivity contribution in [3.8, 4) is 151 Å². The van der Waals surface area contributed by atoms with Crippen molar-refractivity contribution in [2.75, 3.05) is 21.3 Å². The van der Waals surface area contributed by atoms with E-state index in [0.717, 1.165) is 22.8 Å². The molecule has 0 atom stereocenters. The topological polar surface area (TPSA) is 27.7 Å². The molecular formula is C141H114O3. The van der Waals surface area contributed by atoms with Crippen molar-refractivity contribution in [2.45, 2.75) is 78.6 Å². The Kier molecular flexibility index (Phi) is 24.7. The number of hydrogen-bond donors (Lipinski definition) is 0. The third kappa shape index (κ3) is 18.0. The highest BCUT2D eigenvalue weighted by atomic mass is 16.5. The van der Waals surface area contributed by atoms with Gasteiger partial charge in [0.2, 0.25) is 0 Å². The van der Waals surface area contributed by atoms with Crippen LogP contribution in [0.5, 0.6) is 17.2 Å². The zero-order chi connectivity index (χ0) is 98.5. The van der Waals surface area contributed by atoms with E-state index in [1.54, 1.807) is 21.3 Å². The zero-order valence-corrected chi connectivity index (χ0v) is 83.8. The molecule has 0 bridgehead atoms. The van der Waals surface area contributed by atoms with E-state index in [1.165, 1.54) is 242 Å². The van der Waals surface area contributed by atoms with Crippen molar-refractivity contribution in [3.63, 3.8) is 0 Å². The van der Waals surface area contributed by atoms with Crippen molar-refractivity contribution in [1.29, 1.82) is 0 Å². The molecule has 0 fully saturated rings. The van der Waals surface area contributed by atoms with Gasteiger partial charge in [0.15, 0.2) is 0 Å². The van der Waals surface area contributed by atoms with E-state index in [1.807, 2.05) is 36.4 Å². The molecule has 144 heavy (non-hydrogen) atoms. The quantitative estimate of drug-likeness (QED) is 0.0958. The Bertz CT molecular complexity index is 8940. The number of hydrogen-bond acceptors (Lipinski definition) is 3. The summed E-state index contributed by atoms with van der Waals surface area (Å²) in [6.45, 7) is 20.7. The monoisotopic (exact) mass is 1850 g/mol. The van der Waals surface area contributed by atoms with Gasteiger partial charge in [-0.05, 0) is 342 Å². The summed E-state index contributed by atoms with van der Waals surface area (Å²) < 4.78 is 16.4. The Morgan fingerprint density at radius 1 is 0.132 bits per heavy atom. The molecule has 0 aliphatic carbocycles. The van der Waals surface area contributed by atoms with Crippen molar-refractivity contribution >= 4 is 97.0 Å². The molecule has 0 aliphatic heterocycles. The van der Waals surface area contributed by atoms with Crippen LogP contribution in [-0.2, 0) is 16.2 Å². The molecule has 0 N–H and O–H groups in total. The summed E-state index contributed by atoms with van der Waals surface area (Å²) in [7, 11) is 5.14. The molecule has 0 heterocycles. The Balaban J connectivity index is 0.000000123. The molecule has 24 aromatic carbocycles. The second kappa shape index (κ2) is 38.6. The lowest BCUT2D eigenvalue weighted by Gasteiger charge is -2.24. The first-order valence-corrected chi connectivity index (χ1v) is 50.1. The minimum absolute atomic E-state index is 0.00724. The highest BCUT2D eigenvalue weighted by molar-refractivity contribution is 6.28. The molecule has 3 nitrogen and oxygen atoms in total. The average molecular weight is 1860 g/mol. The summed E-state index contributed by atoms with van der Waals surface area (Å²) in [4.78, 5) is 0. The fourth-order valence-electron chi connectivity index (χ4n) is 21.4. The second-order valence-electron chi connectivity index (χ2n) is 41.2. The predicted molar refractivity (Wildman–Crippen MR) is 618 cm³/mol. The van der Waals surface area contributed by atoms with Gasteiger partial charge >= 0.3 is 0 Å². The van der Waals surface area contributed by atoms with E-state index in [4.69, 9.17) is 14.2 Å². The first kappa shape index (κ1) is 92.1. The van der Waals surface area contributed by atoms with Crippen LogP contribution in [0.4, 0.5) is 0 Å². The minimum Gasteiger partial charge on any atom is -0.497 e. The molecule has 0 aliphatic rings. The van der Waals surface area contributed by atoms with Gasteiger partial charge < -0.3 is 14.2 Å². The fraction of sp³-hybridized carbons (Fsp3) is 0.106. The summed E-state index contributed by atoms with van der Waals surface area (Å²) in [5.41, 5.74) is 33.4. The van der Waals surface area contributed by atoms with Gasteiger partial charge in [0.1, 0.15) is 17.2 Å². The van der Waals surface area contributed by atoms with E-state index < -0.39 is 0 Å². The number of rotatable bonds is 15. The van der Waals surface area contributed by atoms with Crippen LogP contribution in [0.25, 0.3) is 230 Å². The van der Waals surface area contributed by atoms with E-state index in [2.05, 4.69) is 499 Å². The van der Waals surface area contributed by atoms with Gasteiger partial charge in [-0.3, -0.25) is 0 Å². The predicted octanol–water partition coefficient (Wildman–Crippen LogP) is 39.4. The SMILES string of the molecule is COc1ccc(-c2ccc3c(-c4ccc(-c5ccccc5)cc4)c4cc(C(C)(C)C)ccc4c(-c4ccc(-c5ccccc5)cc4)c3c2)cc1.COc1ccc(-c2ccc3c(-c4ccc5ccccc5c4)c4cc(C(C)(C)C)ccc4c(-c4ccc(-c5ccccc5)cc4)c3c2)cc1.COc1ccc(-c2ccc3c(-c4cccc5ccccc45)c4cc(C(C)(C)C)ccc4c(-c4cccc5ccccc45)c3c2)cc1. The number of fused-ring (bicyclic) bond motifs is 9. The van der Waals surface area contributed by atoms with E-state index in [-0.39, 0.29) is 16.2 Å². The molecule has 0 spiro atoms. The largest absolute Gasteiger partial charge is 0.497 e. The Labute approximate surface area is 845 Å². The van der Waals surface area contributed by atoms with Crippen molar-refractivity contribution in [2.24, 2.45) is 0 Å². The normalized spacial score (nSPS) is 11.8. The highest BCUT2D eigenvalue weighted by Gasteiger charge is 2.28. The van der Waals surface area contributed by atoms with Crippen molar-refractivity contribution in [1.82, 2.24) is 0 Å². The van der Waals surface area contributed by atoms with Gasteiger partial charge in [-0.15, -0.1) is 0 Å². The van der Waals surface area contributed by atoms with Crippen molar-refractivity contribution in [3.05, 3.63) is 490 Å². The molecule has 0 amide bonds. The zero-order valence-electron chi connectivity index (χ0n) is 83.8. The van der Waals surface area contributed by atoms with Gasteiger partial charge in [0, 0.05) is 0 Å². The van der Waals surface area contributed by atoms with E-state index in [0.29, 0.717) is 0 Å². The molecule has 3 heteroatoms.